The number of piperazine rings is 1. The summed E-state index contributed by atoms with van der Waals surface area (Å²) in [4.78, 5) is 82.8. The normalized spacial score (nSPS) is 13.2. The number of ether oxygens (including phenoxy) is 3. The Labute approximate surface area is 383 Å². The maximum atomic E-state index is 13.9. The van der Waals surface area contributed by atoms with Gasteiger partial charge in [-0.3, -0.25) is 39.4 Å². The predicted octanol–water partition coefficient (Wildman–Crippen LogP) is 4.36. The summed E-state index contributed by atoms with van der Waals surface area (Å²) in [5, 5.41) is 11.1. The van der Waals surface area contributed by atoms with Crippen LogP contribution in [0.1, 0.15) is 77.5 Å². The number of aryl methyl sites for hydroxylation is 4. The lowest BCUT2D eigenvalue weighted by atomic mass is 10.1. The SMILES string of the molecule is CCc1nc(C)sc1C(=O)Nc1nc2cc(C(N)=O)cc(OC)c2n1C/C=C/Cn1c(NC(=O)c2cc(C)nn2CC)nc2cc(C(N)=O)cc(OCCCN3CCN(C(=O)OC)CC3)c21. The fraction of sp³-hybridized carbons (Fsp3) is 0.386. The van der Waals surface area contributed by atoms with E-state index in [1.165, 1.54) is 37.7 Å². The van der Waals surface area contributed by atoms with Gasteiger partial charge in [-0.25, -0.2) is 19.7 Å². The molecule has 6 aromatic rings. The number of allylic oxidation sites excluding steroid dienone is 2. The van der Waals surface area contributed by atoms with Crippen LogP contribution in [0, 0.1) is 13.8 Å². The number of imidazole rings is 2. The van der Waals surface area contributed by atoms with Gasteiger partial charge in [-0.1, -0.05) is 19.1 Å². The summed E-state index contributed by atoms with van der Waals surface area (Å²) in [5.41, 5.74) is 15.2. The second kappa shape index (κ2) is 20.2. The van der Waals surface area contributed by atoms with Crippen LogP contribution < -0.4 is 31.6 Å². The summed E-state index contributed by atoms with van der Waals surface area (Å²) < 4.78 is 22.1. The quantitative estimate of drug-likeness (QED) is 0.0691. The van der Waals surface area contributed by atoms with Crippen molar-refractivity contribution in [2.24, 2.45) is 11.5 Å². The number of methoxy groups -OCH3 is 2. The minimum Gasteiger partial charge on any atom is -0.494 e. The van der Waals surface area contributed by atoms with Gasteiger partial charge in [0.2, 0.25) is 23.7 Å². The number of carbonyl (C=O) groups excluding carboxylic acids is 5. The number of amides is 5. The molecule has 6 N–H and O–H groups in total. The van der Waals surface area contributed by atoms with Gasteiger partial charge in [0, 0.05) is 63.5 Å². The van der Waals surface area contributed by atoms with Crippen molar-refractivity contribution >= 4 is 75.0 Å². The zero-order valence-corrected chi connectivity index (χ0v) is 38.5. The Bertz CT molecular complexity index is 2850. The fourth-order valence-electron chi connectivity index (χ4n) is 7.85. The zero-order valence-electron chi connectivity index (χ0n) is 37.7. The highest BCUT2D eigenvalue weighted by atomic mass is 32.1. The Hall–Kier alpha value is -7.33. The van der Waals surface area contributed by atoms with E-state index in [1.807, 2.05) is 32.9 Å². The van der Waals surface area contributed by atoms with Crippen LogP contribution >= 0.6 is 11.3 Å². The number of aromatic nitrogens is 7. The van der Waals surface area contributed by atoms with Crippen molar-refractivity contribution in [1.82, 2.24) is 43.7 Å². The molecule has 1 fully saturated rings. The van der Waals surface area contributed by atoms with Crippen LogP contribution in [0.2, 0.25) is 0 Å². The van der Waals surface area contributed by atoms with E-state index in [0.29, 0.717) is 108 Å². The maximum absolute atomic E-state index is 13.9. The molecule has 0 aliphatic carbocycles. The Kier molecular flexibility index (Phi) is 14.3. The van der Waals surface area contributed by atoms with Crippen molar-refractivity contribution in [3.8, 4) is 11.5 Å². The molecule has 0 unspecified atom stereocenters. The number of nitrogens with one attached hydrogen (secondary N) is 2. The topological polar surface area (TPSA) is 262 Å². The lowest BCUT2D eigenvalue weighted by molar-refractivity contribution is 0.0891. The molecule has 7 rings (SSSR count). The minimum atomic E-state index is -0.683. The number of anilines is 2. The monoisotopic (exact) mass is 923 g/mol. The third-order valence-corrected chi connectivity index (χ3v) is 12.1. The second-order valence-electron chi connectivity index (χ2n) is 15.4. The first-order chi connectivity index (χ1) is 31.7. The molecule has 5 amide bonds. The number of nitrogens with two attached hydrogens (primary N) is 2. The van der Waals surface area contributed by atoms with Crippen LogP contribution in [0.3, 0.4) is 0 Å². The molecule has 22 heteroatoms. The summed E-state index contributed by atoms with van der Waals surface area (Å²) >= 11 is 1.28. The summed E-state index contributed by atoms with van der Waals surface area (Å²) in [6.45, 7) is 11.7. The molecular weight excluding hydrogens is 871 g/mol. The number of hydrogen-bond acceptors (Lipinski definition) is 14. The van der Waals surface area contributed by atoms with Gasteiger partial charge in [-0.2, -0.15) is 5.10 Å². The highest BCUT2D eigenvalue weighted by molar-refractivity contribution is 7.13. The molecule has 0 bridgehead atoms. The van der Waals surface area contributed by atoms with Gasteiger partial charge in [-0.05, 0) is 63.9 Å². The zero-order chi connectivity index (χ0) is 47.2. The van der Waals surface area contributed by atoms with Gasteiger partial charge < -0.3 is 39.7 Å². The van der Waals surface area contributed by atoms with Crippen LogP contribution in [0.15, 0.2) is 42.5 Å². The number of nitrogens with zero attached hydrogens (tertiary/aromatic N) is 9. The summed E-state index contributed by atoms with van der Waals surface area (Å²) in [5.74, 6) is -1.18. The summed E-state index contributed by atoms with van der Waals surface area (Å²) in [6.07, 6.45) is 4.53. The molecule has 4 aromatic heterocycles. The van der Waals surface area contributed by atoms with Crippen LogP contribution in [0.25, 0.3) is 22.1 Å². The smallest absolute Gasteiger partial charge is 0.409 e. The molecule has 348 valence electrons. The van der Waals surface area contributed by atoms with E-state index in [2.05, 4.69) is 25.6 Å². The first kappa shape index (κ1) is 46.7. The van der Waals surface area contributed by atoms with E-state index in [0.717, 1.165) is 5.01 Å². The van der Waals surface area contributed by atoms with Gasteiger partial charge in [0.05, 0.1) is 48.3 Å². The van der Waals surface area contributed by atoms with Crippen LogP contribution in [0.5, 0.6) is 11.5 Å². The molecule has 2 aromatic carbocycles. The van der Waals surface area contributed by atoms with Gasteiger partial charge in [-0.15, -0.1) is 11.3 Å². The van der Waals surface area contributed by atoms with Crippen LogP contribution in [-0.4, -0.2) is 127 Å². The molecule has 66 heavy (non-hydrogen) atoms. The van der Waals surface area contributed by atoms with Crippen LogP contribution in [-0.2, 0) is 30.8 Å². The number of carbonyl (C=O) groups is 5. The largest absolute Gasteiger partial charge is 0.494 e. The van der Waals surface area contributed by atoms with Crippen molar-refractivity contribution in [2.45, 2.75) is 60.2 Å². The van der Waals surface area contributed by atoms with E-state index < -0.39 is 17.7 Å². The Balaban J connectivity index is 1.22. The van der Waals surface area contributed by atoms with Gasteiger partial charge >= 0.3 is 6.09 Å². The predicted molar refractivity (Wildman–Crippen MR) is 247 cm³/mol. The van der Waals surface area contributed by atoms with E-state index in [1.54, 1.807) is 43.8 Å². The third-order valence-electron chi connectivity index (χ3n) is 11.1. The molecule has 1 saturated heterocycles. The van der Waals surface area contributed by atoms with Crippen molar-refractivity contribution in [1.29, 1.82) is 0 Å². The first-order valence-electron chi connectivity index (χ1n) is 21.4. The maximum Gasteiger partial charge on any atom is 0.409 e. The molecule has 0 spiro atoms. The average Bonchev–Trinajstić information content (AvgIpc) is 4.07. The summed E-state index contributed by atoms with van der Waals surface area (Å²) in [6, 6.07) is 7.86. The highest BCUT2D eigenvalue weighted by Gasteiger charge is 2.25. The lowest BCUT2D eigenvalue weighted by Gasteiger charge is -2.33. The molecule has 1 aliphatic rings. The fourth-order valence-corrected chi connectivity index (χ4v) is 8.75. The molecule has 5 heterocycles. The highest BCUT2D eigenvalue weighted by Crippen LogP contribution is 2.33. The lowest BCUT2D eigenvalue weighted by Crippen LogP contribution is -2.48. The average molecular weight is 924 g/mol. The standard InChI is InChI=1S/C44H53N13O8S/c1-7-29-37(66-26(4)47-29)41(61)51-43-48-30-21-27(38(45)58)23-33(63-5)35(30)55(43)13-9-10-14-56-36-31(49-42(56)50-40(60)32-20-25(3)52-57(32)8-2)22-28(39(46)59)24-34(36)65-19-11-12-53-15-17-54(18-16-53)44(62)64-6/h9-10,20-24H,7-8,11-19H2,1-6H3,(H2,45,58)(H2,46,59)(H,48,51,61)(H,49,50,60)/b10-9+. The molecule has 21 nitrogen and oxygen atoms in total. The molecular formula is C44H53N13O8S. The van der Waals surface area contributed by atoms with E-state index in [9.17, 15) is 24.0 Å². The van der Waals surface area contributed by atoms with E-state index >= 15 is 0 Å². The first-order valence-corrected chi connectivity index (χ1v) is 22.2. The minimum absolute atomic E-state index is 0.145. The van der Waals surface area contributed by atoms with Crippen LogP contribution in [0.4, 0.5) is 16.7 Å². The number of thiazole rings is 1. The van der Waals surface area contributed by atoms with Crippen molar-refractivity contribution < 1.29 is 38.2 Å². The number of primary amides is 2. The second-order valence-corrected chi connectivity index (χ2v) is 16.6. The number of hydrogen-bond donors (Lipinski definition) is 4. The number of fused-ring (bicyclic) bond motifs is 2. The third kappa shape index (κ3) is 9.98. The van der Waals surface area contributed by atoms with E-state index in [4.69, 9.17) is 35.6 Å². The molecule has 1 aliphatic heterocycles. The Morgan fingerprint density at radius 3 is 1.94 bits per heavy atom. The Morgan fingerprint density at radius 2 is 1.38 bits per heavy atom. The number of rotatable bonds is 18. The molecule has 0 radical (unpaired) electrons. The Morgan fingerprint density at radius 1 is 0.788 bits per heavy atom. The van der Waals surface area contributed by atoms with Gasteiger partial charge in [0.25, 0.3) is 11.8 Å². The van der Waals surface area contributed by atoms with Gasteiger partial charge in [0.1, 0.15) is 33.1 Å². The van der Waals surface area contributed by atoms with E-state index in [-0.39, 0.29) is 54.7 Å². The van der Waals surface area contributed by atoms with Gasteiger partial charge in [0.15, 0.2) is 0 Å². The molecule has 0 atom stereocenters. The summed E-state index contributed by atoms with van der Waals surface area (Å²) in [7, 11) is 2.83. The molecule has 0 saturated carbocycles. The van der Waals surface area contributed by atoms with Crippen molar-refractivity contribution in [2.75, 3.05) is 64.2 Å². The van der Waals surface area contributed by atoms with Crippen molar-refractivity contribution in [3.05, 3.63) is 80.6 Å². The van der Waals surface area contributed by atoms with Crippen molar-refractivity contribution in [3.63, 3.8) is 0 Å². The number of benzene rings is 2.